The van der Waals surface area contributed by atoms with Crippen LogP contribution in [-0.4, -0.2) is 28.5 Å². The number of pyridine rings is 1. The molecule has 1 aliphatic rings. The highest BCUT2D eigenvalue weighted by Crippen LogP contribution is 2.34. The van der Waals surface area contributed by atoms with E-state index in [4.69, 9.17) is 14.6 Å². The van der Waals surface area contributed by atoms with E-state index in [2.05, 4.69) is 17.1 Å². The van der Waals surface area contributed by atoms with Gasteiger partial charge in [-0.1, -0.05) is 6.07 Å². The molecule has 144 valence electrons. The number of aromatic nitrogens is 3. The molecule has 0 spiro atoms. The predicted molar refractivity (Wildman–Crippen MR) is 111 cm³/mol. The van der Waals surface area contributed by atoms with E-state index >= 15 is 0 Å². The van der Waals surface area contributed by atoms with E-state index in [0.717, 1.165) is 58.9 Å². The molecule has 1 unspecified atom stereocenters. The number of benzene rings is 2. The van der Waals surface area contributed by atoms with Crippen molar-refractivity contribution in [3.63, 3.8) is 0 Å². The third-order valence-electron chi connectivity index (χ3n) is 5.41. The van der Waals surface area contributed by atoms with Crippen molar-refractivity contribution in [2.45, 2.75) is 25.5 Å². The van der Waals surface area contributed by atoms with E-state index in [1.54, 1.807) is 7.11 Å². The van der Waals surface area contributed by atoms with Crippen LogP contribution >= 0.6 is 0 Å². The first-order valence-electron chi connectivity index (χ1n) is 9.76. The lowest BCUT2D eigenvalue weighted by atomic mass is 10.0. The minimum absolute atomic E-state index is 0.0701. The zero-order chi connectivity index (χ0) is 19.8. The maximum absolute atomic E-state index is 9.38. The second-order valence-corrected chi connectivity index (χ2v) is 7.22. The Kier molecular flexibility index (Phi) is 4.38. The summed E-state index contributed by atoms with van der Waals surface area (Å²) in [6.07, 6.45) is 3.08. The van der Waals surface area contributed by atoms with Gasteiger partial charge in [-0.25, -0.2) is 9.67 Å². The number of hydrogen-bond donors (Lipinski definition) is 0. The van der Waals surface area contributed by atoms with E-state index in [9.17, 15) is 5.26 Å². The molecule has 0 N–H and O–H groups in total. The van der Waals surface area contributed by atoms with Crippen LogP contribution < -0.4 is 4.74 Å². The van der Waals surface area contributed by atoms with Gasteiger partial charge in [0.15, 0.2) is 6.23 Å². The molecule has 0 aliphatic carbocycles. The summed E-state index contributed by atoms with van der Waals surface area (Å²) >= 11 is 0. The maximum Gasteiger partial charge on any atom is 0.213 e. The topological polar surface area (TPSA) is 73.0 Å². The standard InChI is InChI=1S/C23H20N4O2/c1-28-21-10-7-16-13-17(6-8-19(16)25-21)23-18-12-15(14-24)5-9-20(18)27(26-23)22-4-2-3-11-29-22/h5-10,12-13,22H,2-4,11H2,1H3. The monoisotopic (exact) mass is 384 g/mol. The van der Waals surface area contributed by atoms with E-state index in [-0.39, 0.29) is 6.23 Å². The van der Waals surface area contributed by atoms with Crippen molar-refractivity contribution in [2.24, 2.45) is 0 Å². The number of nitriles is 1. The van der Waals surface area contributed by atoms with Gasteiger partial charge in [-0.2, -0.15) is 10.4 Å². The van der Waals surface area contributed by atoms with Gasteiger partial charge in [0.05, 0.1) is 29.8 Å². The average molecular weight is 384 g/mol. The molecule has 0 radical (unpaired) electrons. The Morgan fingerprint density at radius 1 is 1.14 bits per heavy atom. The second kappa shape index (κ2) is 7.19. The molecule has 1 aliphatic heterocycles. The Balaban J connectivity index is 1.69. The minimum Gasteiger partial charge on any atom is -0.481 e. The van der Waals surface area contributed by atoms with Crippen LogP contribution in [0.4, 0.5) is 0 Å². The van der Waals surface area contributed by atoms with Crippen LogP contribution in [0.15, 0.2) is 48.5 Å². The summed E-state index contributed by atoms with van der Waals surface area (Å²) in [5.74, 6) is 0.591. The first kappa shape index (κ1) is 17.7. The summed E-state index contributed by atoms with van der Waals surface area (Å²) < 4.78 is 13.2. The van der Waals surface area contributed by atoms with Crippen LogP contribution in [0.25, 0.3) is 33.1 Å². The van der Waals surface area contributed by atoms with Gasteiger partial charge >= 0.3 is 0 Å². The molecule has 1 fully saturated rings. The van der Waals surface area contributed by atoms with E-state index in [1.807, 2.05) is 47.1 Å². The highest BCUT2D eigenvalue weighted by molar-refractivity contribution is 5.96. The van der Waals surface area contributed by atoms with Crippen molar-refractivity contribution < 1.29 is 9.47 Å². The van der Waals surface area contributed by atoms with Crippen molar-refractivity contribution in [3.8, 4) is 23.2 Å². The van der Waals surface area contributed by atoms with Gasteiger partial charge in [0, 0.05) is 29.0 Å². The third-order valence-corrected chi connectivity index (χ3v) is 5.41. The first-order chi connectivity index (χ1) is 14.3. The Morgan fingerprint density at radius 3 is 2.86 bits per heavy atom. The number of methoxy groups -OCH3 is 1. The molecule has 0 amide bonds. The molecule has 4 aromatic rings. The minimum atomic E-state index is -0.0701. The van der Waals surface area contributed by atoms with Gasteiger partial charge in [0.1, 0.15) is 5.69 Å². The van der Waals surface area contributed by atoms with E-state index in [0.29, 0.717) is 11.4 Å². The number of rotatable bonds is 3. The summed E-state index contributed by atoms with van der Waals surface area (Å²) in [5, 5.41) is 16.3. The van der Waals surface area contributed by atoms with Crippen LogP contribution in [0.2, 0.25) is 0 Å². The lowest BCUT2D eigenvalue weighted by Crippen LogP contribution is -2.19. The number of hydrogen-bond acceptors (Lipinski definition) is 5. The molecule has 29 heavy (non-hydrogen) atoms. The number of nitrogens with zero attached hydrogens (tertiary/aromatic N) is 4. The Labute approximate surface area is 168 Å². The molecule has 6 nitrogen and oxygen atoms in total. The average Bonchev–Trinajstić information content (AvgIpc) is 3.17. The molecular formula is C23H20N4O2. The smallest absolute Gasteiger partial charge is 0.213 e. The van der Waals surface area contributed by atoms with Gasteiger partial charge in [-0.05, 0) is 55.7 Å². The lowest BCUT2D eigenvalue weighted by molar-refractivity contribution is -0.0365. The lowest BCUT2D eigenvalue weighted by Gasteiger charge is -2.23. The van der Waals surface area contributed by atoms with Crippen LogP contribution in [0, 0.1) is 11.3 Å². The molecule has 3 heterocycles. The van der Waals surface area contributed by atoms with Crippen molar-refractivity contribution in [3.05, 3.63) is 54.1 Å². The molecule has 6 heteroatoms. The largest absolute Gasteiger partial charge is 0.481 e. The van der Waals surface area contributed by atoms with Crippen LogP contribution in [0.3, 0.4) is 0 Å². The number of fused-ring (bicyclic) bond motifs is 2. The van der Waals surface area contributed by atoms with Gasteiger partial charge in [-0.3, -0.25) is 0 Å². The van der Waals surface area contributed by atoms with E-state index in [1.165, 1.54) is 0 Å². The summed E-state index contributed by atoms with van der Waals surface area (Å²) in [4.78, 5) is 4.49. The van der Waals surface area contributed by atoms with Crippen molar-refractivity contribution in [1.29, 1.82) is 5.26 Å². The van der Waals surface area contributed by atoms with Gasteiger partial charge < -0.3 is 9.47 Å². The predicted octanol–water partition coefficient (Wildman–Crippen LogP) is 4.83. The first-order valence-corrected chi connectivity index (χ1v) is 9.76. The highest BCUT2D eigenvalue weighted by atomic mass is 16.5. The van der Waals surface area contributed by atoms with Crippen molar-refractivity contribution in [1.82, 2.24) is 14.8 Å². The highest BCUT2D eigenvalue weighted by Gasteiger charge is 2.22. The molecule has 1 saturated heterocycles. The maximum atomic E-state index is 9.38. The Morgan fingerprint density at radius 2 is 2.07 bits per heavy atom. The van der Waals surface area contributed by atoms with Crippen LogP contribution in [-0.2, 0) is 4.74 Å². The summed E-state index contributed by atoms with van der Waals surface area (Å²) in [6.45, 7) is 0.751. The molecular weight excluding hydrogens is 364 g/mol. The fourth-order valence-corrected chi connectivity index (χ4v) is 3.93. The Bertz CT molecular complexity index is 1250. The third kappa shape index (κ3) is 3.10. The fraction of sp³-hybridized carbons (Fsp3) is 0.261. The van der Waals surface area contributed by atoms with Crippen molar-refractivity contribution >= 4 is 21.8 Å². The SMILES string of the molecule is COc1ccc2cc(-c3nn(C4CCCCO4)c4ccc(C#N)cc34)ccc2n1. The molecule has 2 aromatic heterocycles. The molecule has 0 saturated carbocycles. The molecule has 5 rings (SSSR count). The molecule has 2 aromatic carbocycles. The molecule has 1 atom stereocenters. The summed E-state index contributed by atoms with van der Waals surface area (Å²) in [7, 11) is 1.61. The van der Waals surface area contributed by atoms with Gasteiger partial charge in [0.25, 0.3) is 0 Å². The summed E-state index contributed by atoms with van der Waals surface area (Å²) in [6, 6.07) is 17.9. The van der Waals surface area contributed by atoms with E-state index < -0.39 is 0 Å². The Hall–Kier alpha value is -3.43. The van der Waals surface area contributed by atoms with Crippen LogP contribution in [0.5, 0.6) is 5.88 Å². The van der Waals surface area contributed by atoms with Gasteiger partial charge in [-0.15, -0.1) is 0 Å². The normalized spacial score (nSPS) is 16.8. The zero-order valence-corrected chi connectivity index (χ0v) is 16.1. The van der Waals surface area contributed by atoms with Crippen molar-refractivity contribution in [2.75, 3.05) is 13.7 Å². The molecule has 0 bridgehead atoms. The number of ether oxygens (including phenoxy) is 2. The van der Waals surface area contributed by atoms with Crippen LogP contribution in [0.1, 0.15) is 31.1 Å². The summed E-state index contributed by atoms with van der Waals surface area (Å²) in [5.41, 5.74) is 4.31. The quantitative estimate of drug-likeness (QED) is 0.506. The fourth-order valence-electron chi connectivity index (χ4n) is 3.93. The second-order valence-electron chi connectivity index (χ2n) is 7.22. The zero-order valence-electron chi connectivity index (χ0n) is 16.1. The van der Waals surface area contributed by atoms with Gasteiger partial charge in [0.2, 0.25) is 5.88 Å².